The predicted molar refractivity (Wildman–Crippen MR) is 131 cm³/mol. The zero-order valence-corrected chi connectivity index (χ0v) is 21.2. The summed E-state index contributed by atoms with van der Waals surface area (Å²) in [5.41, 5.74) is -2.91. The van der Waals surface area contributed by atoms with Crippen molar-refractivity contribution >= 4 is 5.91 Å². The third kappa shape index (κ3) is 6.57. The van der Waals surface area contributed by atoms with E-state index in [0.29, 0.717) is 18.6 Å². The number of carbonyl (C=O) groups is 1. The lowest BCUT2D eigenvalue weighted by Gasteiger charge is -2.47. The number of hydrogen-bond donors (Lipinski definition) is 0. The van der Waals surface area contributed by atoms with Crippen LogP contribution in [0.25, 0.3) is 0 Å². The van der Waals surface area contributed by atoms with Crippen LogP contribution in [0.3, 0.4) is 0 Å². The van der Waals surface area contributed by atoms with Crippen LogP contribution < -0.4 is 0 Å². The number of benzene rings is 2. The average molecular weight is 558 g/mol. The monoisotopic (exact) mass is 557 g/mol. The molecule has 0 aromatic heterocycles. The van der Waals surface area contributed by atoms with Crippen molar-refractivity contribution in [2.24, 2.45) is 5.92 Å². The molecule has 0 spiro atoms. The molecular weight excluding hydrogens is 527 g/mol. The molecule has 2 atom stereocenters. The minimum atomic E-state index is -5.04. The number of piperazine rings is 1. The molecule has 212 valence electrons. The van der Waals surface area contributed by atoms with Gasteiger partial charge in [-0.2, -0.15) is 26.3 Å². The zero-order valence-electron chi connectivity index (χ0n) is 21.2. The van der Waals surface area contributed by atoms with Gasteiger partial charge in [0.1, 0.15) is 5.82 Å². The van der Waals surface area contributed by atoms with Crippen molar-refractivity contribution < 1.29 is 35.5 Å². The van der Waals surface area contributed by atoms with Crippen LogP contribution in [0.15, 0.2) is 42.5 Å². The summed E-state index contributed by atoms with van der Waals surface area (Å²) >= 11 is 0. The Bertz CT molecular complexity index is 1140. The van der Waals surface area contributed by atoms with Crippen molar-refractivity contribution in [3.8, 4) is 0 Å². The van der Waals surface area contributed by atoms with E-state index in [-0.39, 0.29) is 31.1 Å². The fraction of sp³-hybridized carbons (Fsp3) is 0.536. The van der Waals surface area contributed by atoms with Crippen molar-refractivity contribution in [2.75, 3.05) is 45.8 Å². The Balaban J connectivity index is 1.38. The third-order valence-electron chi connectivity index (χ3n) is 8.09. The van der Waals surface area contributed by atoms with Crippen LogP contribution in [0, 0.1) is 11.7 Å². The maximum absolute atomic E-state index is 13.7. The van der Waals surface area contributed by atoms with E-state index in [4.69, 9.17) is 0 Å². The van der Waals surface area contributed by atoms with Gasteiger partial charge < -0.3 is 9.80 Å². The molecule has 2 heterocycles. The van der Waals surface area contributed by atoms with E-state index in [2.05, 4.69) is 9.80 Å². The zero-order chi connectivity index (χ0) is 27.9. The van der Waals surface area contributed by atoms with Crippen molar-refractivity contribution in [1.82, 2.24) is 14.7 Å². The molecule has 0 bridgehead atoms. The number of carbonyl (C=O) groups excluding carboxylic acids is 1. The standard InChI is InChI=1S/C28H30F7N3O/c29-23-5-3-19(4-6-23)24-17-38(8-7-25(24)37-11-9-36(10-12-37)16-18-1-2-18)26(39)20-13-21(27(30,31)32)15-22(14-20)28(33,34)35/h3-6,13-15,18,24-25H,1-2,7-12,16-17H2. The Morgan fingerprint density at radius 1 is 0.795 bits per heavy atom. The van der Waals surface area contributed by atoms with Crippen LogP contribution in [0.5, 0.6) is 0 Å². The van der Waals surface area contributed by atoms with E-state index >= 15 is 0 Å². The van der Waals surface area contributed by atoms with Gasteiger partial charge in [0.2, 0.25) is 0 Å². The van der Waals surface area contributed by atoms with Crippen LogP contribution in [0.1, 0.15) is 52.2 Å². The van der Waals surface area contributed by atoms with Gasteiger partial charge in [0.05, 0.1) is 11.1 Å². The van der Waals surface area contributed by atoms with E-state index in [9.17, 15) is 35.5 Å². The molecule has 4 nitrogen and oxygen atoms in total. The lowest BCUT2D eigenvalue weighted by molar-refractivity contribution is -0.143. The Morgan fingerprint density at radius 2 is 1.38 bits per heavy atom. The van der Waals surface area contributed by atoms with E-state index in [1.807, 2.05) is 0 Å². The summed E-state index contributed by atoms with van der Waals surface area (Å²) in [6.45, 7) is 4.87. The van der Waals surface area contributed by atoms with E-state index in [0.717, 1.165) is 44.2 Å². The Labute approximate surface area is 222 Å². The first-order valence-electron chi connectivity index (χ1n) is 13.2. The molecule has 39 heavy (non-hydrogen) atoms. The van der Waals surface area contributed by atoms with Crippen molar-refractivity contribution in [3.05, 3.63) is 70.5 Å². The molecule has 1 saturated carbocycles. The fourth-order valence-corrected chi connectivity index (χ4v) is 5.80. The number of alkyl halides is 6. The maximum atomic E-state index is 13.7. The molecule has 1 aliphatic carbocycles. The van der Waals surface area contributed by atoms with Gasteiger partial charge in [-0.1, -0.05) is 12.1 Å². The van der Waals surface area contributed by atoms with E-state index < -0.39 is 40.8 Å². The topological polar surface area (TPSA) is 26.8 Å². The highest BCUT2D eigenvalue weighted by molar-refractivity contribution is 5.95. The molecule has 5 rings (SSSR count). The number of amides is 1. The Kier molecular flexibility index (Phi) is 7.67. The fourth-order valence-electron chi connectivity index (χ4n) is 5.80. The summed E-state index contributed by atoms with van der Waals surface area (Å²) in [5, 5.41) is 0. The number of nitrogens with zero attached hydrogens (tertiary/aromatic N) is 3. The molecule has 2 aromatic carbocycles. The van der Waals surface area contributed by atoms with Gasteiger partial charge in [-0.15, -0.1) is 0 Å². The Hall–Kier alpha value is -2.66. The van der Waals surface area contributed by atoms with Gasteiger partial charge in [0.15, 0.2) is 0 Å². The normalized spacial score (nSPS) is 23.7. The molecule has 3 fully saturated rings. The second-order valence-corrected chi connectivity index (χ2v) is 10.8. The molecule has 0 N–H and O–H groups in total. The first kappa shape index (κ1) is 27.9. The molecule has 2 saturated heterocycles. The van der Waals surface area contributed by atoms with Crippen LogP contribution >= 0.6 is 0 Å². The van der Waals surface area contributed by atoms with Crippen molar-refractivity contribution in [3.63, 3.8) is 0 Å². The summed E-state index contributed by atoms with van der Waals surface area (Å²) in [5.74, 6) is -0.791. The molecule has 3 aliphatic rings. The number of likely N-dealkylation sites (tertiary alicyclic amines) is 1. The SMILES string of the molecule is O=C(c1cc(C(F)(F)F)cc(C(F)(F)F)c1)N1CCC(N2CCN(CC3CC3)CC2)C(c2ccc(F)cc2)C1. The summed E-state index contributed by atoms with van der Waals surface area (Å²) in [6, 6.07) is 6.91. The van der Waals surface area contributed by atoms with Crippen LogP contribution in [0.4, 0.5) is 30.7 Å². The number of hydrogen-bond acceptors (Lipinski definition) is 3. The second kappa shape index (κ2) is 10.7. The molecule has 2 unspecified atom stereocenters. The minimum Gasteiger partial charge on any atom is -0.338 e. The van der Waals surface area contributed by atoms with Crippen LogP contribution in [-0.4, -0.2) is 72.5 Å². The lowest BCUT2D eigenvalue weighted by atomic mass is 9.84. The van der Waals surface area contributed by atoms with Crippen LogP contribution in [0.2, 0.25) is 0 Å². The molecule has 11 heteroatoms. The Morgan fingerprint density at radius 3 is 1.92 bits per heavy atom. The smallest absolute Gasteiger partial charge is 0.338 e. The second-order valence-electron chi connectivity index (χ2n) is 10.8. The predicted octanol–water partition coefficient (Wildman–Crippen LogP) is 5.89. The van der Waals surface area contributed by atoms with Crippen molar-refractivity contribution in [2.45, 2.75) is 43.6 Å². The van der Waals surface area contributed by atoms with Gasteiger partial charge in [-0.05, 0) is 61.1 Å². The highest BCUT2D eigenvalue weighted by Crippen LogP contribution is 2.38. The first-order chi connectivity index (χ1) is 18.4. The van der Waals surface area contributed by atoms with Crippen molar-refractivity contribution in [1.29, 1.82) is 0 Å². The van der Waals surface area contributed by atoms with Gasteiger partial charge in [-0.25, -0.2) is 4.39 Å². The summed E-state index contributed by atoms with van der Waals surface area (Å²) < 4.78 is 94.0. The molecule has 0 radical (unpaired) electrons. The van der Waals surface area contributed by atoms with E-state index in [1.54, 1.807) is 12.1 Å². The van der Waals surface area contributed by atoms with Gasteiger partial charge >= 0.3 is 12.4 Å². The largest absolute Gasteiger partial charge is 0.416 e. The first-order valence-corrected chi connectivity index (χ1v) is 13.2. The highest BCUT2D eigenvalue weighted by Gasteiger charge is 2.40. The highest BCUT2D eigenvalue weighted by atomic mass is 19.4. The summed E-state index contributed by atoms with van der Waals surface area (Å²) in [6.07, 6.45) is -7.03. The molecule has 1 amide bonds. The summed E-state index contributed by atoms with van der Waals surface area (Å²) in [7, 11) is 0. The van der Waals surface area contributed by atoms with Gasteiger partial charge in [0, 0.05) is 63.3 Å². The minimum absolute atomic E-state index is 0.00910. The van der Waals surface area contributed by atoms with E-state index in [1.165, 1.54) is 29.9 Å². The van der Waals surface area contributed by atoms with Gasteiger partial charge in [-0.3, -0.25) is 9.69 Å². The van der Waals surface area contributed by atoms with Crippen LogP contribution in [-0.2, 0) is 12.4 Å². The molecular formula is C28H30F7N3O. The number of halogens is 7. The number of rotatable bonds is 5. The lowest BCUT2D eigenvalue weighted by Crippen LogP contribution is -2.56. The average Bonchev–Trinajstić information content (AvgIpc) is 3.72. The summed E-state index contributed by atoms with van der Waals surface area (Å²) in [4.78, 5) is 19.5. The van der Waals surface area contributed by atoms with Gasteiger partial charge in [0.25, 0.3) is 5.91 Å². The molecule has 2 aliphatic heterocycles. The maximum Gasteiger partial charge on any atom is 0.416 e. The third-order valence-corrected chi connectivity index (χ3v) is 8.09. The molecule has 2 aromatic rings. The quantitative estimate of drug-likeness (QED) is 0.429. The number of piperidine rings is 1.